The SMILES string of the molecule is NC1CC(N2Cc3nn4cccnc4c3C2)CCC1[C@H]1CC(F)=CC=C1F. The highest BCUT2D eigenvalue weighted by molar-refractivity contribution is 5.51. The molecule has 0 aromatic carbocycles. The molecular formula is C20H23F2N5. The minimum Gasteiger partial charge on any atom is -0.327 e. The normalized spacial score (nSPS) is 31.7. The maximum Gasteiger partial charge on any atom is 0.159 e. The number of halogens is 2. The van der Waals surface area contributed by atoms with Crippen LogP contribution in [0.3, 0.4) is 0 Å². The molecule has 2 aromatic rings. The summed E-state index contributed by atoms with van der Waals surface area (Å²) in [6.45, 7) is 1.63. The van der Waals surface area contributed by atoms with Gasteiger partial charge in [0.2, 0.25) is 0 Å². The van der Waals surface area contributed by atoms with Crippen molar-refractivity contribution in [1.29, 1.82) is 0 Å². The number of nitrogens with two attached hydrogens (primary N) is 1. The van der Waals surface area contributed by atoms with Crippen LogP contribution in [0.5, 0.6) is 0 Å². The van der Waals surface area contributed by atoms with Crippen LogP contribution in [0.15, 0.2) is 42.3 Å². The molecule has 0 radical (unpaired) electrons. The monoisotopic (exact) mass is 371 g/mol. The van der Waals surface area contributed by atoms with Crippen molar-refractivity contribution in [2.24, 2.45) is 17.6 Å². The average Bonchev–Trinajstić information content (AvgIpc) is 3.22. The first kappa shape index (κ1) is 17.0. The summed E-state index contributed by atoms with van der Waals surface area (Å²) in [6, 6.07) is 2.11. The molecule has 1 aliphatic heterocycles. The number of fused-ring (bicyclic) bond motifs is 3. The molecule has 0 bridgehead atoms. The summed E-state index contributed by atoms with van der Waals surface area (Å²) < 4.78 is 29.7. The Labute approximate surface area is 156 Å². The van der Waals surface area contributed by atoms with Crippen LogP contribution >= 0.6 is 0 Å². The molecular weight excluding hydrogens is 348 g/mol. The third-order valence-electron chi connectivity index (χ3n) is 6.44. The number of rotatable bonds is 2. The molecule has 2 N–H and O–H groups in total. The Balaban J connectivity index is 1.28. The van der Waals surface area contributed by atoms with E-state index >= 15 is 0 Å². The first-order valence-electron chi connectivity index (χ1n) is 9.62. The highest BCUT2D eigenvalue weighted by atomic mass is 19.1. The van der Waals surface area contributed by atoms with Gasteiger partial charge in [0.05, 0.1) is 5.69 Å². The molecule has 1 saturated carbocycles. The van der Waals surface area contributed by atoms with Gasteiger partial charge < -0.3 is 5.73 Å². The summed E-state index contributed by atoms with van der Waals surface area (Å²) in [5.74, 6) is -0.881. The summed E-state index contributed by atoms with van der Waals surface area (Å²) in [5, 5.41) is 4.64. The molecule has 3 heterocycles. The largest absolute Gasteiger partial charge is 0.327 e. The van der Waals surface area contributed by atoms with E-state index in [0.29, 0.717) is 6.04 Å². The molecule has 5 nitrogen and oxygen atoms in total. The van der Waals surface area contributed by atoms with E-state index in [1.807, 2.05) is 16.8 Å². The fourth-order valence-corrected chi connectivity index (χ4v) is 5.04. The van der Waals surface area contributed by atoms with Crippen molar-refractivity contribution < 1.29 is 8.78 Å². The molecule has 1 fully saturated rings. The van der Waals surface area contributed by atoms with Gasteiger partial charge in [-0.25, -0.2) is 18.3 Å². The van der Waals surface area contributed by atoms with Gasteiger partial charge in [0, 0.05) is 55.5 Å². The van der Waals surface area contributed by atoms with Crippen molar-refractivity contribution >= 4 is 5.65 Å². The summed E-state index contributed by atoms with van der Waals surface area (Å²) >= 11 is 0. The van der Waals surface area contributed by atoms with Gasteiger partial charge in [-0.05, 0) is 43.4 Å². The van der Waals surface area contributed by atoms with Crippen LogP contribution in [0, 0.1) is 11.8 Å². The standard InChI is InChI=1S/C20H23F2N5/c21-12-2-5-17(22)15(8-12)14-4-3-13(9-18(14)23)26-10-16-19(11-26)25-27-7-1-6-24-20(16)27/h1-2,5-7,13-15,18H,3-4,8-11,23H2/t13?,14?,15-,18?/m1/s1. The van der Waals surface area contributed by atoms with Gasteiger partial charge in [0.15, 0.2) is 5.65 Å². The molecule has 142 valence electrons. The molecule has 7 heteroatoms. The second-order valence-electron chi connectivity index (χ2n) is 7.99. The fourth-order valence-electron chi connectivity index (χ4n) is 5.04. The number of nitrogens with zero attached hydrogens (tertiary/aromatic N) is 4. The topological polar surface area (TPSA) is 59.5 Å². The highest BCUT2D eigenvalue weighted by Crippen LogP contribution is 2.41. The predicted molar refractivity (Wildman–Crippen MR) is 97.8 cm³/mol. The predicted octanol–water partition coefficient (Wildman–Crippen LogP) is 3.27. The first-order chi connectivity index (χ1) is 13.1. The Kier molecular flexibility index (Phi) is 4.09. The van der Waals surface area contributed by atoms with Crippen molar-refractivity contribution in [2.75, 3.05) is 0 Å². The summed E-state index contributed by atoms with van der Waals surface area (Å²) in [6.07, 6.45) is 8.94. The van der Waals surface area contributed by atoms with Crippen LogP contribution in [-0.2, 0) is 13.1 Å². The third kappa shape index (κ3) is 2.89. The summed E-state index contributed by atoms with van der Waals surface area (Å²) in [7, 11) is 0. The lowest BCUT2D eigenvalue weighted by Gasteiger charge is -2.41. The second kappa shape index (κ2) is 6.49. The van der Waals surface area contributed by atoms with Crippen molar-refractivity contribution in [2.45, 2.75) is 50.9 Å². The molecule has 2 aliphatic carbocycles. The van der Waals surface area contributed by atoms with Crippen LogP contribution in [0.25, 0.3) is 5.65 Å². The van der Waals surface area contributed by atoms with Gasteiger partial charge in [0.25, 0.3) is 0 Å². The van der Waals surface area contributed by atoms with E-state index in [4.69, 9.17) is 5.73 Å². The van der Waals surface area contributed by atoms with Gasteiger partial charge in [0.1, 0.15) is 11.7 Å². The molecule has 0 amide bonds. The lowest BCUT2D eigenvalue weighted by molar-refractivity contribution is 0.0992. The minimum atomic E-state index is -0.407. The molecule has 0 spiro atoms. The van der Waals surface area contributed by atoms with E-state index in [1.54, 1.807) is 6.20 Å². The fraction of sp³-hybridized carbons (Fsp3) is 0.500. The number of allylic oxidation sites excluding steroid dienone is 4. The maximum atomic E-state index is 14.2. The molecule has 3 aliphatic rings. The summed E-state index contributed by atoms with van der Waals surface area (Å²) in [5.41, 5.74) is 9.65. The Morgan fingerprint density at radius 2 is 2.04 bits per heavy atom. The van der Waals surface area contributed by atoms with E-state index in [9.17, 15) is 8.78 Å². The Morgan fingerprint density at radius 1 is 1.15 bits per heavy atom. The number of aromatic nitrogens is 3. The number of hydrogen-bond donors (Lipinski definition) is 1. The summed E-state index contributed by atoms with van der Waals surface area (Å²) in [4.78, 5) is 6.87. The van der Waals surface area contributed by atoms with Crippen LogP contribution in [0.1, 0.15) is 36.9 Å². The molecule has 2 aromatic heterocycles. The first-order valence-corrected chi connectivity index (χ1v) is 9.62. The van der Waals surface area contributed by atoms with Crippen molar-refractivity contribution in [1.82, 2.24) is 19.5 Å². The zero-order chi connectivity index (χ0) is 18.5. The lowest BCUT2D eigenvalue weighted by Crippen LogP contribution is -2.47. The van der Waals surface area contributed by atoms with Crippen LogP contribution in [0.4, 0.5) is 8.78 Å². The van der Waals surface area contributed by atoms with Crippen molar-refractivity contribution in [3.05, 3.63) is 53.5 Å². The van der Waals surface area contributed by atoms with Crippen LogP contribution in [0.2, 0.25) is 0 Å². The van der Waals surface area contributed by atoms with Crippen LogP contribution < -0.4 is 5.73 Å². The van der Waals surface area contributed by atoms with Crippen molar-refractivity contribution in [3.63, 3.8) is 0 Å². The van der Waals surface area contributed by atoms with Gasteiger partial charge in [-0.2, -0.15) is 5.10 Å². The van der Waals surface area contributed by atoms with Gasteiger partial charge in [-0.3, -0.25) is 4.90 Å². The third-order valence-corrected chi connectivity index (χ3v) is 6.44. The Morgan fingerprint density at radius 3 is 2.89 bits per heavy atom. The molecule has 0 saturated heterocycles. The Bertz CT molecular complexity index is 934. The molecule has 5 rings (SSSR count). The average molecular weight is 371 g/mol. The minimum absolute atomic E-state index is 0.00185. The van der Waals surface area contributed by atoms with E-state index in [2.05, 4.69) is 15.0 Å². The van der Waals surface area contributed by atoms with Gasteiger partial charge >= 0.3 is 0 Å². The van der Waals surface area contributed by atoms with E-state index in [0.717, 1.165) is 43.7 Å². The second-order valence-corrected chi connectivity index (χ2v) is 7.99. The number of hydrogen-bond acceptors (Lipinski definition) is 4. The van der Waals surface area contributed by atoms with E-state index in [-0.39, 0.29) is 30.0 Å². The maximum absolute atomic E-state index is 14.2. The van der Waals surface area contributed by atoms with Gasteiger partial charge in [-0.1, -0.05) is 0 Å². The zero-order valence-electron chi connectivity index (χ0n) is 15.1. The molecule has 27 heavy (non-hydrogen) atoms. The quantitative estimate of drug-likeness (QED) is 0.880. The van der Waals surface area contributed by atoms with Crippen LogP contribution in [-0.4, -0.2) is 31.6 Å². The molecule has 4 atom stereocenters. The van der Waals surface area contributed by atoms with E-state index < -0.39 is 5.92 Å². The van der Waals surface area contributed by atoms with E-state index in [1.165, 1.54) is 17.7 Å². The molecule has 3 unspecified atom stereocenters. The van der Waals surface area contributed by atoms with Gasteiger partial charge in [-0.15, -0.1) is 0 Å². The smallest absolute Gasteiger partial charge is 0.159 e. The lowest BCUT2D eigenvalue weighted by atomic mass is 9.72. The van der Waals surface area contributed by atoms with Crippen molar-refractivity contribution in [3.8, 4) is 0 Å². The Hall–Kier alpha value is -2.12. The highest BCUT2D eigenvalue weighted by Gasteiger charge is 2.40. The zero-order valence-corrected chi connectivity index (χ0v) is 15.1.